The molecule has 1 heterocycles. The summed E-state index contributed by atoms with van der Waals surface area (Å²) in [5.41, 5.74) is 1.26. The third-order valence-corrected chi connectivity index (χ3v) is 6.27. The maximum atomic E-state index is 13.6. The molecule has 28 heavy (non-hydrogen) atoms. The number of sulfonamides is 1. The van der Waals surface area contributed by atoms with Gasteiger partial charge in [0.05, 0.1) is 12.2 Å². The number of anilines is 2. The molecule has 0 fully saturated rings. The standard InChI is InChI=1S/C21H22FN3O2S/c1-2-25(18-9-4-3-5-10-18)28(26,27)19-12-13-21(24-16-19)23-15-14-17-8-6-7-11-20(17)22/h3-13,16H,2,14-15H2,1H3,(H,23,24)/p+1. The average Bonchev–Trinajstić information content (AvgIpc) is 2.71. The van der Waals surface area contributed by atoms with Gasteiger partial charge in [-0.1, -0.05) is 36.4 Å². The molecule has 5 nitrogen and oxygen atoms in total. The number of aromatic nitrogens is 1. The molecule has 2 N–H and O–H groups in total. The fraction of sp³-hybridized carbons (Fsp3) is 0.190. The molecule has 0 amide bonds. The van der Waals surface area contributed by atoms with E-state index in [9.17, 15) is 12.8 Å². The fourth-order valence-corrected chi connectivity index (χ4v) is 4.37. The molecule has 3 rings (SSSR count). The van der Waals surface area contributed by atoms with Gasteiger partial charge in [-0.05, 0) is 36.8 Å². The van der Waals surface area contributed by atoms with Gasteiger partial charge in [-0.2, -0.15) is 0 Å². The van der Waals surface area contributed by atoms with Crippen molar-refractivity contribution in [2.45, 2.75) is 18.2 Å². The Morgan fingerprint density at radius 1 is 1.00 bits per heavy atom. The lowest BCUT2D eigenvalue weighted by Gasteiger charge is -2.22. The van der Waals surface area contributed by atoms with Crippen molar-refractivity contribution in [3.63, 3.8) is 0 Å². The number of benzene rings is 2. The summed E-state index contributed by atoms with van der Waals surface area (Å²) < 4.78 is 40.9. The van der Waals surface area contributed by atoms with E-state index < -0.39 is 10.0 Å². The summed E-state index contributed by atoms with van der Waals surface area (Å²) in [6.07, 6.45) is 1.99. The average molecular weight is 400 g/mol. The van der Waals surface area contributed by atoms with E-state index in [2.05, 4.69) is 10.3 Å². The van der Waals surface area contributed by atoms with Crippen LogP contribution in [0.25, 0.3) is 0 Å². The van der Waals surface area contributed by atoms with Gasteiger partial charge in [0.1, 0.15) is 16.9 Å². The Bertz CT molecular complexity index is 1010. The van der Waals surface area contributed by atoms with Gasteiger partial charge in [0.25, 0.3) is 15.8 Å². The first-order valence-electron chi connectivity index (χ1n) is 9.09. The number of hydrogen-bond acceptors (Lipinski definition) is 3. The second-order valence-corrected chi connectivity index (χ2v) is 8.07. The molecule has 0 saturated heterocycles. The number of pyridine rings is 1. The number of hydrogen-bond donors (Lipinski definition) is 1. The molecular weight excluding hydrogens is 377 g/mol. The van der Waals surface area contributed by atoms with Crippen molar-refractivity contribution in [1.82, 2.24) is 0 Å². The van der Waals surface area contributed by atoms with E-state index in [0.29, 0.717) is 36.6 Å². The molecular formula is C21H23FN3O2S+. The minimum atomic E-state index is -3.67. The van der Waals surface area contributed by atoms with E-state index in [0.717, 1.165) is 0 Å². The van der Waals surface area contributed by atoms with E-state index >= 15 is 0 Å². The van der Waals surface area contributed by atoms with Crippen LogP contribution in [-0.2, 0) is 16.4 Å². The van der Waals surface area contributed by atoms with Crippen LogP contribution in [0.5, 0.6) is 0 Å². The molecule has 0 aliphatic carbocycles. The molecule has 0 bridgehead atoms. The van der Waals surface area contributed by atoms with Crippen LogP contribution in [0, 0.1) is 5.82 Å². The Morgan fingerprint density at radius 2 is 1.71 bits per heavy atom. The lowest BCUT2D eigenvalue weighted by atomic mass is 10.1. The van der Waals surface area contributed by atoms with Crippen LogP contribution in [0.2, 0.25) is 0 Å². The highest BCUT2D eigenvalue weighted by Crippen LogP contribution is 2.22. The largest absolute Gasteiger partial charge is 0.274 e. The van der Waals surface area contributed by atoms with Crippen molar-refractivity contribution < 1.29 is 17.8 Å². The molecule has 2 aromatic carbocycles. The normalized spacial score (nSPS) is 11.2. The number of aromatic amines is 1. The van der Waals surface area contributed by atoms with Crippen LogP contribution in [0.4, 0.5) is 15.9 Å². The van der Waals surface area contributed by atoms with E-state index in [1.807, 2.05) is 18.2 Å². The highest BCUT2D eigenvalue weighted by molar-refractivity contribution is 7.92. The first kappa shape index (κ1) is 19.8. The number of para-hydroxylation sites is 1. The molecule has 1 aromatic heterocycles. The zero-order valence-electron chi connectivity index (χ0n) is 15.6. The van der Waals surface area contributed by atoms with Gasteiger partial charge in [-0.3, -0.25) is 9.62 Å². The predicted octanol–water partition coefficient (Wildman–Crippen LogP) is 3.51. The van der Waals surface area contributed by atoms with Crippen LogP contribution < -0.4 is 14.6 Å². The maximum absolute atomic E-state index is 13.6. The molecule has 0 unspecified atom stereocenters. The Balaban J connectivity index is 1.68. The van der Waals surface area contributed by atoms with Crippen molar-refractivity contribution in [2.75, 3.05) is 22.7 Å². The van der Waals surface area contributed by atoms with Crippen LogP contribution in [0.15, 0.2) is 77.8 Å². The quantitative estimate of drug-likeness (QED) is 0.629. The van der Waals surface area contributed by atoms with Crippen LogP contribution in [-0.4, -0.2) is 21.5 Å². The van der Waals surface area contributed by atoms with Gasteiger partial charge in [0.2, 0.25) is 0 Å². The number of halogens is 1. The van der Waals surface area contributed by atoms with Crippen LogP contribution >= 0.6 is 0 Å². The minimum absolute atomic E-state index is 0.179. The summed E-state index contributed by atoms with van der Waals surface area (Å²) in [6.45, 7) is 2.65. The van der Waals surface area contributed by atoms with E-state index in [-0.39, 0.29) is 10.7 Å². The van der Waals surface area contributed by atoms with Crippen LogP contribution in [0.3, 0.4) is 0 Å². The zero-order chi connectivity index (χ0) is 20.0. The van der Waals surface area contributed by atoms with Gasteiger partial charge >= 0.3 is 0 Å². The molecule has 7 heteroatoms. The Hall–Kier alpha value is -2.93. The maximum Gasteiger partial charge on any atom is 0.272 e. The summed E-state index contributed by atoms with van der Waals surface area (Å²) in [6, 6.07) is 18.9. The monoisotopic (exact) mass is 400 g/mol. The second kappa shape index (κ2) is 8.84. The van der Waals surface area contributed by atoms with Gasteiger partial charge in [-0.25, -0.2) is 17.8 Å². The van der Waals surface area contributed by atoms with Crippen molar-refractivity contribution in [1.29, 1.82) is 0 Å². The molecule has 3 aromatic rings. The van der Waals surface area contributed by atoms with E-state index in [1.54, 1.807) is 49.4 Å². The summed E-state index contributed by atoms with van der Waals surface area (Å²) in [5.74, 6) is 0.438. The fourth-order valence-electron chi connectivity index (χ4n) is 2.93. The Labute approximate surface area is 164 Å². The smallest absolute Gasteiger partial charge is 0.272 e. The number of nitrogens with zero attached hydrogens (tertiary/aromatic N) is 1. The molecule has 0 spiro atoms. The lowest BCUT2D eigenvalue weighted by Crippen LogP contribution is -2.31. The zero-order valence-corrected chi connectivity index (χ0v) is 16.4. The third kappa shape index (κ3) is 4.48. The lowest BCUT2D eigenvalue weighted by molar-refractivity contribution is -0.364. The molecule has 0 aliphatic heterocycles. The van der Waals surface area contributed by atoms with Gasteiger partial charge in [0.15, 0.2) is 0 Å². The van der Waals surface area contributed by atoms with Crippen LogP contribution in [0.1, 0.15) is 12.5 Å². The predicted molar refractivity (Wildman–Crippen MR) is 108 cm³/mol. The topological polar surface area (TPSA) is 63.6 Å². The molecule has 146 valence electrons. The van der Waals surface area contributed by atoms with Crippen molar-refractivity contribution >= 4 is 21.5 Å². The molecule has 0 saturated carbocycles. The second-order valence-electron chi connectivity index (χ2n) is 6.21. The summed E-state index contributed by atoms with van der Waals surface area (Å²) in [5, 5.41) is 3.14. The first-order chi connectivity index (χ1) is 13.5. The van der Waals surface area contributed by atoms with Crippen molar-refractivity contribution in [2.24, 2.45) is 0 Å². The van der Waals surface area contributed by atoms with Gasteiger partial charge in [-0.15, -0.1) is 0 Å². The first-order valence-corrected chi connectivity index (χ1v) is 10.5. The summed E-state index contributed by atoms with van der Waals surface area (Å²) in [7, 11) is -3.67. The molecule has 0 radical (unpaired) electrons. The molecule has 0 aliphatic rings. The van der Waals surface area contributed by atoms with Crippen molar-refractivity contribution in [3.05, 3.63) is 84.3 Å². The highest BCUT2D eigenvalue weighted by Gasteiger charge is 2.24. The summed E-state index contributed by atoms with van der Waals surface area (Å²) >= 11 is 0. The number of nitrogens with one attached hydrogen (secondary N) is 2. The van der Waals surface area contributed by atoms with Crippen molar-refractivity contribution in [3.8, 4) is 0 Å². The Kier molecular flexibility index (Phi) is 6.26. The van der Waals surface area contributed by atoms with Gasteiger partial charge in [0, 0.05) is 19.0 Å². The highest BCUT2D eigenvalue weighted by atomic mass is 32.2. The Morgan fingerprint density at radius 3 is 2.36 bits per heavy atom. The van der Waals surface area contributed by atoms with E-state index in [4.69, 9.17) is 0 Å². The minimum Gasteiger partial charge on any atom is -0.274 e. The number of H-pyrrole nitrogens is 1. The number of rotatable bonds is 8. The van der Waals surface area contributed by atoms with E-state index in [1.165, 1.54) is 16.6 Å². The van der Waals surface area contributed by atoms with Gasteiger partial charge < -0.3 is 0 Å². The summed E-state index contributed by atoms with van der Waals surface area (Å²) in [4.78, 5) is 3.14. The SMILES string of the molecule is CCN(c1ccccc1)S(=O)(=O)c1ccc(NCCc2ccccc2F)[nH+]c1. The molecule has 0 atom stereocenters. The third-order valence-electron chi connectivity index (χ3n) is 4.37.